The van der Waals surface area contributed by atoms with E-state index in [9.17, 15) is 4.79 Å². The van der Waals surface area contributed by atoms with Crippen molar-refractivity contribution in [3.63, 3.8) is 0 Å². The van der Waals surface area contributed by atoms with Crippen LogP contribution in [0.5, 0.6) is 0 Å². The molecule has 82 valence electrons. The lowest BCUT2D eigenvalue weighted by Gasteiger charge is -2.10. The molecule has 0 aliphatic rings. The second-order valence-electron chi connectivity index (χ2n) is 3.93. The average Bonchev–Trinajstić information content (AvgIpc) is 2.14. The molecule has 0 atom stereocenters. The van der Waals surface area contributed by atoms with Gasteiger partial charge in [-0.25, -0.2) is 0 Å². The molecule has 0 fully saturated rings. The second kappa shape index (κ2) is 5.51. The summed E-state index contributed by atoms with van der Waals surface area (Å²) in [7, 11) is 4.11. The van der Waals surface area contributed by atoms with Crippen molar-refractivity contribution in [1.29, 1.82) is 0 Å². The van der Waals surface area contributed by atoms with Crippen LogP contribution in [0.25, 0.3) is 0 Å². The Morgan fingerprint density at radius 2 is 2.13 bits per heavy atom. The first-order chi connectivity index (χ1) is 7.08. The number of carbonyl (C=O) groups is 1. The van der Waals surface area contributed by atoms with E-state index in [-0.39, 0.29) is 5.91 Å². The zero-order valence-electron chi connectivity index (χ0n) is 9.58. The number of amides is 1. The number of benzene rings is 1. The largest absolute Gasteiger partial charge is 0.326 e. The van der Waals surface area contributed by atoms with Crippen molar-refractivity contribution in [3.05, 3.63) is 29.8 Å². The summed E-state index contributed by atoms with van der Waals surface area (Å²) in [4.78, 5) is 13.0. The maximum atomic E-state index is 10.9. The molecule has 1 N–H and O–H groups in total. The molecule has 0 aliphatic carbocycles. The molecule has 0 saturated heterocycles. The number of rotatable bonds is 4. The lowest BCUT2D eigenvalue weighted by atomic mass is 10.1. The summed E-state index contributed by atoms with van der Waals surface area (Å²) in [6.07, 6.45) is 1.00. The third kappa shape index (κ3) is 4.61. The maximum absolute atomic E-state index is 10.9. The van der Waals surface area contributed by atoms with Crippen LogP contribution in [-0.2, 0) is 11.2 Å². The van der Waals surface area contributed by atoms with Crippen LogP contribution in [0, 0.1) is 0 Å². The third-order valence-corrected chi connectivity index (χ3v) is 2.10. The van der Waals surface area contributed by atoms with Crippen LogP contribution in [0.15, 0.2) is 24.3 Å². The quantitative estimate of drug-likeness (QED) is 0.814. The molecule has 15 heavy (non-hydrogen) atoms. The number of carbonyl (C=O) groups excluding carboxylic acids is 1. The minimum Gasteiger partial charge on any atom is -0.326 e. The van der Waals surface area contributed by atoms with Gasteiger partial charge in [0, 0.05) is 19.2 Å². The molecule has 0 radical (unpaired) electrons. The number of nitrogens with zero attached hydrogens (tertiary/aromatic N) is 1. The maximum Gasteiger partial charge on any atom is 0.221 e. The fourth-order valence-corrected chi connectivity index (χ4v) is 1.36. The molecule has 1 amide bonds. The third-order valence-electron chi connectivity index (χ3n) is 2.10. The smallest absolute Gasteiger partial charge is 0.221 e. The molecule has 1 aromatic carbocycles. The molecule has 0 saturated carbocycles. The van der Waals surface area contributed by atoms with Gasteiger partial charge < -0.3 is 10.2 Å². The number of hydrogen-bond donors (Lipinski definition) is 1. The Kier molecular flexibility index (Phi) is 4.31. The van der Waals surface area contributed by atoms with Gasteiger partial charge in [-0.15, -0.1) is 0 Å². The van der Waals surface area contributed by atoms with E-state index in [2.05, 4.69) is 30.4 Å². The highest BCUT2D eigenvalue weighted by molar-refractivity contribution is 5.88. The van der Waals surface area contributed by atoms with Crippen molar-refractivity contribution in [3.8, 4) is 0 Å². The predicted octanol–water partition coefficient (Wildman–Crippen LogP) is 1.75. The number of hydrogen-bond acceptors (Lipinski definition) is 2. The lowest BCUT2D eigenvalue weighted by Crippen LogP contribution is -2.15. The SMILES string of the molecule is CC(=O)Nc1cccc(CCN(C)C)c1. The highest BCUT2D eigenvalue weighted by Crippen LogP contribution is 2.11. The van der Waals surface area contributed by atoms with Gasteiger partial charge in [0.05, 0.1) is 0 Å². The van der Waals surface area contributed by atoms with E-state index >= 15 is 0 Å². The summed E-state index contributed by atoms with van der Waals surface area (Å²) in [5.74, 6) is -0.0280. The molecule has 1 rings (SSSR count). The number of anilines is 1. The standard InChI is InChI=1S/C12H18N2O/c1-10(15)13-12-6-4-5-11(9-12)7-8-14(2)3/h4-6,9H,7-8H2,1-3H3,(H,13,15). The first-order valence-corrected chi connectivity index (χ1v) is 5.09. The van der Waals surface area contributed by atoms with Crippen molar-refractivity contribution in [2.45, 2.75) is 13.3 Å². The van der Waals surface area contributed by atoms with Crippen LogP contribution in [0.3, 0.4) is 0 Å². The molecule has 0 bridgehead atoms. The Morgan fingerprint density at radius 1 is 1.40 bits per heavy atom. The molecule has 0 heterocycles. The van der Waals surface area contributed by atoms with Crippen molar-refractivity contribution in [2.75, 3.05) is 26.0 Å². The Labute approximate surface area is 91.1 Å². The molecule has 0 spiro atoms. The van der Waals surface area contributed by atoms with Crippen LogP contribution in [0.1, 0.15) is 12.5 Å². The summed E-state index contributed by atoms with van der Waals surface area (Å²) in [5, 5.41) is 2.78. The van der Waals surface area contributed by atoms with Crippen LogP contribution in [-0.4, -0.2) is 31.4 Å². The summed E-state index contributed by atoms with van der Waals surface area (Å²) in [6.45, 7) is 2.54. The Balaban J connectivity index is 2.61. The fourth-order valence-electron chi connectivity index (χ4n) is 1.36. The van der Waals surface area contributed by atoms with Crippen LogP contribution >= 0.6 is 0 Å². The lowest BCUT2D eigenvalue weighted by molar-refractivity contribution is -0.114. The zero-order chi connectivity index (χ0) is 11.3. The highest BCUT2D eigenvalue weighted by Gasteiger charge is 1.98. The molecule has 3 nitrogen and oxygen atoms in total. The zero-order valence-corrected chi connectivity index (χ0v) is 9.58. The van der Waals surface area contributed by atoms with Gasteiger partial charge in [0.1, 0.15) is 0 Å². The predicted molar refractivity (Wildman–Crippen MR) is 63.0 cm³/mol. The molecular weight excluding hydrogens is 188 g/mol. The Bertz CT molecular complexity index is 334. The highest BCUT2D eigenvalue weighted by atomic mass is 16.1. The van der Waals surface area contributed by atoms with Gasteiger partial charge in [0.25, 0.3) is 0 Å². The first-order valence-electron chi connectivity index (χ1n) is 5.09. The van der Waals surface area contributed by atoms with Gasteiger partial charge in [-0.2, -0.15) is 0 Å². The van der Waals surface area contributed by atoms with E-state index in [4.69, 9.17) is 0 Å². The Hall–Kier alpha value is -1.35. The number of nitrogens with one attached hydrogen (secondary N) is 1. The van der Waals surface area contributed by atoms with Crippen molar-refractivity contribution in [1.82, 2.24) is 4.90 Å². The van der Waals surface area contributed by atoms with Gasteiger partial charge in [0.2, 0.25) is 5.91 Å². The van der Waals surface area contributed by atoms with Gasteiger partial charge in [0.15, 0.2) is 0 Å². The minimum absolute atomic E-state index is 0.0280. The molecule has 0 aliphatic heterocycles. The van der Waals surface area contributed by atoms with E-state index in [0.717, 1.165) is 18.7 Å². The topological polar surface area (TPSA) is 32.3 Å². The minimum atomic E-state index is -0.0280. The van der Waals surface area contributed by atoms with Gasteiger partial charge in [-0.05, 0) is 38.2 Å². The van der Waals surface area contributed by atoms with Gasteiger partial charge >= 0.3 is 0 Å². The van der Waals surface area contributed by atoms with Crippen LogP contribution in [0.2, 0.25) is 0 Å². The van der Waals surface area contributed by atoms with Crippen molar-refractivity contribution < 1.29 is 4.79 Å². The van der Waals surface area contributed by atoms with Crippen molar-refractivity contribution >= 4 is 11.6 Å². The second-order valence-corrected chi connectivity index (χ2v) is 3.93. The molecule has 0 unspecified atom stereocenters. The van der Waals surface area contributed by atoms with E-state index in [0.29, 0.717) is 0 Å². The van der Waals surface area contributed by atoms with E-state index in [1.807, 2.05) is 18.2 Å². The van der Waals surface area contributed by atoms with E-state index in [1.54, 1.807) is 0 Å². The molecule has 0 aromatic heterocycles. The number of likely N-dealkylation sites (N-methyl/N-ethyl adjacent to an activating group) is 1. The first kappa shape index (κ1) is 11.7. The fraction of sp³-hybridized carbons (Fsp3) is 0.417. The van der Waals surface area contributed by atoms with E-state index < -0.39 is 0 Å². The molecule has 1 aromatic rings. The van der Waals surface area contributed by atoms with Crippen LogP contribution in [0.4, 0.5) is 5.69 Å². The molecular formula is C12H18N2O. The Morgan fingerprint density at radius 3 is 2.73 bits per heavy atom. The summed E-state index contributed by atoms with van der Waals surface area (Å²) in [6, 6.07) is 7.97. The van der Waals surface area contributed by atoms with Crippen molar-refractivity contribution in [2.24, 2.45) is 0 Å². The van der Waals surface area contributed by atoms with Gasteiger partial charge in [-0.3, -0.25) is 4.79 Å². The summed E-state index contributed by atoms with van der Waals surface area (Å²) < 4.78 is 0. The van der Waals surface area contributed by atoms with Crippen LogP contribution < -0.4 is 5.32 Å². The monoisotopic (exact) mass is 206 g/mol. The van der Waals surface area contributed by atoms with E-state index in [1.165, 1.54) is 12.5 Å². The summed E-state index contributed by atoms with van der Waals surface area (Å²) >= 11 is 0. The van der Waals surface area contributed by atoms with Gasteiger partial charge in [-0.1, -0.05) is 12.1 Å². The normalized spacial score (nSPS) is 10.4. The summed E-state index contributed by atoms with van der Waals surface area (Å²) in [5.41, 5.74) is 2.12. The average molecular weight is 206 g/mol. The molecule has 3 heteroatoms.